The summed E-state index contributed by atoms with van der Waals surface area (Å²) < 4.78 is 63.4. The van der Waals surface area contributed by atoms with Crippen molar-refractivity contribution >= 4 is 44.9 Å². The zero-order valence-corrected chi connectivity index (χ0v) is 25.3. The highest BCUT2D eigenvalue weighted by atomic mass is 35.5. The molecule has 0 fully saturated rings. The van der Waals surface area contributed by atoms with Gasteiger partial charge in [-0.05, 0) is 74.9 Å². The minimum Gasteiger partial charge on any atom is -0.486 e. The van der Waals surface area contributed by atoms with Crippen LogP contribution in [0.1, 0.15) is 56.4 Å². The van der Waals surface area contributed by atoms with E-state index in [1.54, 1.807) is 48.9 Å². The fourth-order valence-electron chi connectivity index (χ4n) is 5.41. The molecule has 42 heavy (non-hydrogen) atoms. The van der Waals surface area contributed by atoms with Crippen LogP contribution in [0, 0.1) is 5.82 Å². The van der Waals surface area contributed by atoms with Crippen LogP contribution in [0.15, 0.2) is 41.3 Å². The number of nitrogens with zero attached hydrogens (tertiary/aromatic N) is 3. The molecule has 1 unspecified atom stereocenters. The zero-order chi connectivity index (χ0) is 30.0. The summed E-state index contributed by atoms with van der Waals surface area (Å²) in [7, 11) is -2.88. The van der Waals surface area contributed by atoms with Crippen LogP contribution in [0.2, 0.25) is 5.02 Å². The van der Waals surface area contributed by atoms with E-state index in [0.717, 1.165) is 12.8 Å². The molecule has 0 spiro atoms. The molecular weight excluding hydrogens is 585 g/mol. The number of fused-ring (bicyclic) bond motifs is 2. The molecule has 3 heterocycles. The predicted molar refractivity (Wildman–Crippen MR) is 158 cm³/mol. The van der Waals surface area contributed by atoms with Crippen molar-refractivity contribution in [1.82, 2.24) is 9.78 Å². The first-order valence-corrected chi connectivity index (χ1v) is 15.7. The second kappa shape index (κ2) is 12.3. The summed E-state index contributed by atoms with van der Waals surface area (Å²) in [5.74, 6) is -0.442. The number of ether oxygens (including phenoxy) is 3. The van der Waals surface area contributed by atoms with Gasteiger partial charge < -0.3 is 14.2 Å². The molecule has 224 valence electrons. The maximum absolute atomic E-state index is 14.6. The van der Waals surface area contributed by atoms with Gasteiger partial charge in [0.1, 0.15) is 17.7 Å². The number of hydrogen-bond donors (Lipinski definition) is 0. The van der Waals surface area contributed by atoms with Crippen LogP contribution in [0.5, 0.6) is 11.6 Å². The highest BCUT2D eigenvalue weighted by molar-refractivity contribution is 7.93. The monoisotopic (exact) mass is 617 g/mol. The summed E-state index contributed by atoms with van der Waals surface area (Å²) in [6.07, 6.45) is 3.77. The van der Waals surface area contributed by atoms with Gasteiger partial charge >= 0.3 is 5.97 Å². The Kier molecular flexibility index (Phi) is 8.79. The van der Waals surface area contributed by atoms with E-state index in [0.29, 0.717) is 41.2 Å². The number of halogens is 2. The minimum absolute atomic E-state index is 0.0339. The number of aryl methyl sites for hydroxylation is 1. The number of aromatic nitrogens is 2. The van der Waals surface area contributed by atoms with Crippen molar-refractivity contribution in [3.8, 4) is 11.6 Å². The number of hydrogen-bond acceptors (Lipinski definition) is 7. The second-order valence-corrected chi connectivity index (χ2v) is 12.4. The molecule has 0 saturated heterocycles. The molecule has 1 atom stereocenters. The first kappa shape index (κ1) is 29.9. The molecule has 9 nitrogen and oxygen atoms in total. The summed E-state index contributed by atoms with van der Waals surface area (Å²) in [5.41, 5.74) is 2.41. The molecule has 5 rings (SSSR count). The van der Waals surface area contributed by atoms with Gasteiger partial charge in [-0.3, -0.25) is 13.8 Å². The molecule has 1 aromatic heterocycles. The molecule has 0 radical (unpaired) electrons. The Morgan fingerprint density at radius 3 is 2.81 bits per heavy atom. The van der Waals surface area contributed by atoms with Gasteiger partial charge in [-0.2, -0.15) is 0 Å². The molecule has 2 aliphatic heterocycles. The molecule has 2 aromatic carbocycles. The molecule has 3 aromatic rings. The normalized spacial score (nSPS) is 16.8. The lowest BCUT2D eigenvalue weighted by molar-refractivity contribution is -0.141. The summed E-state index contributed by atoms with van der Waals surface area (Å²) in [6, 6.07) is 9.63. The van der Waals surface area contributed by atoms with Crippen LogP contribution in [-0.2, 0) is 32.5 Å². The molecule has 2 aliphatic rings. The highest BCUT2D eigenvalue weighted by Crippen LogP contribution is 2.42. The molecule has 0 aliphatic carbocycles. The SMILES string of the molecule is CCOc1nn2c(c1S(=O)(=O)N1CC(CCC(=O)OC)Oc3ccc(C=C(C)c4c(F)cccc4Cl)cc31)CCCC2. The fraction of sp³-hybridized carbons (Fsp3) is 0.400. The number of allylic oxidation sites excluding steroid dienone is 1. The van der Waals surface area contributed by atoms with Crippen molar-refractivity contribution in [3.05, 3.63) is 64.1 Å². The molecule has 0 N–H and O–H groups in total. The highest BCUT2D eigenvalue weighted by Gasteiger charge is 2.40. The zero-order valence-electron chi connectivity index (χ0n) is 23.7. The number of anilines is 1. The van der Waals surface area contributed by atoms with Crippen molar-refractivity contribution in [2.45, 2.75) is 63.5 Å². The maximum atomic E-state index is 14.6. The van der Waals surface area contributed by atoms with Crippen LogP contribution >= 0.6 is 11.6 Å². The van der Waals surface area contributed by atoms with Crippen molar-refractivity contribution in [2.24, 2.45) is 0 Å². The van der Waals surface area contributed by atoms with E-state index in [2.05, 4.69) is 5.10 Å². The third kappa shape index (κ3) is 5.85. The van der Waals surface area contributed by atoms with Crippen molar-refractivity contribution < 1.29 is 31.8 Å². The lowest BCUT2D eigenvalue weighted by Crippen LogP contribution is -2.44. The van der Waals surface area contributed by atoms with Crippen LogP contribution < -0.4 is 13.8 Å². The third-order valence-corrected chi connectivity index (χ3v) is 9.56. The van der Waals surface area contributed by atoms with Gasteiger partial charge in [0.15, 0.2) is 4.90 Å². The van der Waals surface area contributed by atoms with Crippen LogP contribution in [0.25, 0.3) is 11.6 Å². The van der Waals surface area contributed by atoms with Crippen molar-refractivity contribution in [3.63, 3.8) is 0 Å². The van der Waals surface area contributed by atoms with E-state index in [1.807, 2.05) is 0 Å². The minimum atomic E-state index is -4.19. The topological polar surface area (TPSA) is 100.0 Å². The number of esters is 1. The molecule has 0 saturated carbocycles. The Labute approximate surface area is 249 Å². The first-order valence-electron chi connectivity index (χ1n) is 13.9. The van der Waals surface area contributed by atoms with Crippen LogP contribution in [0.3, 0.4) is 0 Å². The average Bonchev–Trinajstić information content (AvgIpc) is 3.34. The van der Waals surface area contributed by atoms with Gasteiger partial charge in [0.05, 0.1) is 36.7 Å². The van der Waals surface area contributed by atoms with Gasteiger partial charge in [-0.15, -0.1) is 5.10 Å². The van der Waals surface area contributed by atoms with Gasteiger partial charge in [0.2, 0.25) is 0 Å². The van der Waals surface area contributed by atoms with E-state index >= 15 is 0 Å². The van der Waals surface area contributed by atoms with Crippen molar-refractivity contribution in [2.75, 3.05) is 24.6 Å². The molecule has 0 amide bonds. The van der Waals surface area contributed by atoms with E-state index in [4.69, 9.17) is 25.8 Å². The van der Waals surface area contributed by atoms with Crippen molar-refractivity contribution in [1.29, 1.82) is 0 Å². The number of benzene rings is 2. The third-order valence-electron chi connectivity index (χ3n) is 7.40. The Balaban J connectivity index is 1.60. The summed E-state index contributed by atoms with van der Waals surface area (Å²) in [5, 5.41) is 4.77. The Bertz CT molecular complexity index is 1620. The van der Waals surface area contributed by atoms with Gasteiger partial charge in [-0.1, -0.05) is 29.8 Å². The Hall–Kier alpha value is -3.57. The largest absolute Gasteiger partial charge is 0.486 e. The van der Waals surface area contributed by atoms with E-state index in [1.165, 1.54) is 23.5 Å². The van der Waals surface area contributed by atoms with E-state index < -0.39 is 27.9 Å². The predicted octanol–water partition coefficient (Wildman–Crippen LogP) is 5.88. The smallest absolute Gasteiger partial charge is 0.305 e. The van der Waals surface area contributed by atoms with Gasteiger partial charge in [0.25, 0.3) is 15.9 Å². The number of carbonyl (C=O) groups excluding carboxylic acids is 1. The van der Waals surface area contributed by atoms with Gasteiger partial charge in [0, 0.05) is 18.5 Å². The lowest BCUT2D eigenvalue weighted by Gasteiger charge is -2.35. The van der Waals surface area contributed by atoms with E-state index in [9.17, 15) is 17.6 Å². The molecular formula is C30H33ClFN3O6S. The number of sulfonamides is 1. The second-order valence-electron chi connectivity index (χ2n) is 10.2. The average molecular weight is 618 g/mol. The number of rotatable bonds is 9. The van der Waals surface area contributed by atoms with Crippen LogP contribution in [-0.4, -0.2) is 50.5 Å². The number of methoxy groups -OCH3 is 1. The quantitative estimate of drug-likeness (QED) is 0.218. The number of carbonyl (C=O) groups is 1. The standard InChI is InChI=1S/C30H33ClFN3O6S/c1-4-40-30-29(24-10-5-6-15-34(24)33-30)42(37,38)35-18-21(12-14-27(36)39-3)41-26-13-11-20(17-25(26)35)16-19(2)28-22(31)8-7-9-23(28)32/h7-9,11,13,16-17,21H,4-6,10,12,14-15,18H2,1-3H3. The summed E-state index contributed by atoms with van der Waals surface area (Å²) >= 11 is 6.28. The molecule has 0 bridgehead atoms. The fourth-order valence-corrected chi connectivity index (χ4v) is 7.53. The summed E-state index contributed by atoms with van der Waals surface area (Å²) in [6.45, 7) is 4.36. The molecule has 12 heteroatoms. The Morgan fingerprint density at radius 1 is 1.26 bits per heavy atom. The van der Waals surface area contributed by atoms with Gasteiger partial charge in [-0.25, -0.2) is 12.8 Å². The van der Waals surface area contributed by atoms with Crippen LogP contribution in [0.4, 0.5) is 10.1 Å². The maximum Gasteiger partial charge on any atom is 0.305 e. The summed E-state index contributed by atoms with van der Waals surface area (Å²) in [4.78, 5) is 11.9. The lowest BCUT2D eigenvalue weighted by atomic mass is 10.0. The van der Waals surface area contributed by atoms with E-state index in [-0.39, 0.29) is 47.4 Å². The first-order chi connectivity index (χ1) is 20.1. The Morgan fingerprint density at radius 2 is 2.07 bits per heavy atom.